The third kappa shape index (κ3) is 6.45. The summed E-state index contributed by atoms with van der Waals surface area (Å²) >= 11 is 6.49. The van der Waals surface area contributed by atoms with E-state index in [0.29, 0.717) is 35.3 Å². The van der Waals surface area contributed by atoms with Crippen LogP contribution in [0.4, 0.5) is 0 Å². The maximum Gasteiger partial charge on any atom is 0.169 e. The monoisotopic (exact) mass is 441 g/mol. The predicted molar refractivity (Wildman–Crippen MR) is 123 cm³/mol. The molecule has 3 aromatic rings. The molecule has 0 aliphatic rings. The predicted octanol–water partition coefficient (Wildman–Crippen LogP) is 4.89. The number of aliphatic hydroxyl groups excluding tert-OH is 2. The van der Waals surface area contributed by atoms with Gasteiger partial charge in [0.2, 0.25) is 0 Å². The van der Waals surface area contributed by atoms with E-state index in [1.54, 1.807) is 6.07 Å². The van der Waals surface area contributed by atoms with Crippen LogP contribution in [0.2, 0.25) is 5.02 Å². The van der Waals surface area contributed by atoms with Crippen LogP contribution in [0.3, 0.4) is 0 Å². The van der Waals surface area contributed by atoms with Gasteiger partial charge in [0.25, 0.3) is 0 Å². The minimum absolute atomic E-state index is 0.0318. The number of benzene rings is 3. The van der Waals surface area contributed by atoms with Gasteiger partial charge in [0.15, 0.2) is 11.5 Å². The normalized spacial score (nSPS) is 14.0. The molecule has 164 valence electrons. The summed E-state index contributed by atoms with van der Waals surface area (Å²) in [4.78, 5) is 0. The standard InChI is InChI=1S/C25H28ClNO4/c1-17(13-23(29)22(27)15-28)20-12-11-19(14-21(20)26)31-25-10-6-5-9-24(25)30-16-18-7-3-2-4-8-18/h2-12,14,17,22-23,28-29H,13,15-16,27H2,1H3. The highest BCUT2D eigenvalue weighted by molar-refractivity contribution is 6.31. The van der Waals surface area contributed by atoms with Crippen LogP contribution in [0.25, 0.3) is 0 Å². The minimum atomic E-state index is -0.805. The topological polar surface area (TPSA) is 84.9 Å². The van der Waals surface area contributed by atoms with Crippen molar-refractivity contribution in [3.63, 3.8) is 0 Å². The van der Waals surface area contributed by atoms with Gasteiger partial charge in [0, 0.05) is 5.02 Å². The van der Waals surface area contributed by atoms with Crippen molar-refractivity contribution in [2.45, 2.75) is 38.0 Å². The lowest BCUT2D eigenvalue weighted by atomic mass is 9.92. The van der Waals surface area contributed by atoms with E-state index in [0.717, 1.165) is 11.1 Å². The first-order chi connectivity index (χ1) is 15.0. The van der Waals surface area contributed by atoms with E-state index in [4.69, 9.17) is 31.9 Å². The Labute approximate surface area is 188 Å². The zero-order chi connectivity index (χ0) is 22.2. The Kier molecular flexibility index (Phi) is 8.32. The highest BCUT2D eigenvalue weighted by Gasteiger charge is 2.20. The number of aliphatic hydroxyl groups is 2. The van der Waals surface area contributed by atoms with Gasteiger partial charge in [-0.2, -0.15) is 0 Å². The van der Waals surface area contributed by atoms with E-state index in [2.05, 4.69) is 0 Å². The molecule has 0 heterocycles. The molecule has 4 N–H and O–H groups in total. The van der Waals surface area contributed by atoms with Gasteiger partial charge in [0.1, 0.15) is 12.4 Å². The summed E-state index contributed by atoms with van der Waals surface area (Å²) in [5.74, 6) is 1.79. The smallest absolute Gasteiger partial charge is 0.169 e. The molecular weight excluding hydrogens is 414 g/mol. The summed E-state index contributed by atoms with van der Waals surface area (Å²) in [6, 6.07) is 22.2. The highest BCUT2D eigenvalue weighted by Crippen LogP contribution is 2.36. The van der Waals surface area contributed by atoms with Crippen LogP contribution >= 0.6 is 11.6 Å². The van der Waals surface area contributed by atoms with Gasteiger partial charge in [-0.3, -0.25) is 0 Å². The molecule has 6 heteroatoms. The number of para-hydroxylation sites is 2. The van der Waals surface area contributed by atoms with E-state index in [9.17, 15) is 5.11 Å². The van der Waals surface area contributed by atoms with Gasteiger partial charge in [0.05, 0.1) is 18.8 Å². The Bertz CT molecular complexity index is 967. The molecular formula is C25H28ClNO4. The van der Waals surface area contributed by atoms with Crippen LogP contribution in [0.1, 0.15) is 30.4 Å². The number of hydrogen-bond acceptors (Lipinski definition) is 5. The van der Waals surface area contributed by atoms with Crippen molar-refractivity contribution in [3.8, 4) is 17.2 Å². The van der Waals surface area contributed by atoms with E-state index in [-0.39, 0.29) is 12.5 Å². The molecule has 0 aliphatic heterocycles. The van der Waals surface area contributed by atoms with Crippen LogP contribution in [0, 0.1) is 0 Å². The van der Waals surface area contributed by atoms with Crippen LogP contribution < -0.4 is 15.2 Å². The lowest BCUT2D eigenvalue weighted by molar-refractivity contribution is 0.0965. The van der Waals surface area contributed by atoms with Crippen molar-refractivity contribution >= 4 is 11.6 Å². The number of halogens is 1. The molecule has 0 aliphatic carbocycles. The van der Waals surface area contributed by atoms with Gasteiger partial charge in [-0.05, 0) is 47.7 Å². The number of hydrogen-bond donors (Lipinski definition) is 3. The Balaban J connectivity index is 1.69. The maximum absolute atomic E-state index is 10.1. The first kappa shape index (κ1) is 23.1. The fourth-order valence-electron chi connectivity index (χ4n) is 3.27. The third-order valence-corrected chi connectivity index (χ3v) is 5.44. The molecule has 0 spiro atoms. The molecule has 3 rings (SSSR count). The average Bonchev–Trinajstić information content (AvgIpc) is 2.78. The molecule has 31 heavy (non-hydrogen) atoms. The fourth-order valence-corrected chi connectivity index (χ4v) is 3.63. The molecule has 5 nitrogen and oxygen atoms in total. The zero-order valence-electron chi connectivity index (χ0n) is 17.4. The Morgan fingerprint density at radius 1 is 0.968 bits per heavy atom. The Morgan fingerprint density at radius 3 is 2.32 bits per heavy atom. The second kappa shape index (κ2) is 11.2. The summed E-state index contributed by atoms with van der Waals surface area (Å²) < 4.78 is 12.0. The molecule has 0 bridgehead atoms. The van der Waals surface area contributed by atoms with Gasteiger partial charge in [-0.15, -0.1) is 0 Å². The summed E-state index contributed by atoms with van der Waals surface area (Å²) in [5, 5.41) is 19.7. The number of nitrogens with two attached hydrogens (primary N) is 1. The quantitative estimate of drug-likeness (QED) is 0.417. The van der Waals surface area contributed by atoms with Gasteiger partial charge >= 0.3 is 0 Å². The summed E-state index contributed by atoms with van der Waals surface area (Å²) in [6.07, 6.45) is -0.404. The maximum atomic E-state index is 10.1. The molecule has 0 saturated heterocycles. The SMILES string of the molecule is CC(CC(O)C(N)CO)c1ccc(Oc2ccccc2OCc2ccccc2)cc1Cl. The lowest BCUT2D eigenvalue weighted by Crippen LogP contribution is -2.38. The van der Waals surface area contributed by atoms with E-state index in [1.165, 1.54) is 0 Å². The van der Waals surface area contributed by atoms with Gasteiger partial charge in [-0.1, -0.05) is 67.1 Å². The Hall–Kier alpha value is -2.57. The summed E-state index contributed by atoms with van der Waals surface area (Å²) in [6.45, 7) is 2.14. The van der Waals surface area contributed by atoms with Crippen molar-refractivity contribution in [2.75, 3.05) is 6.61 Å². The molecule has 0 saturated carbocycles. The number of ether oxygens (including phenoxy) is 2. The van der Waals surface area contributed by atoms with Crippen molar-refractivity contribution in [3.05, 3.63) is 88.9 Å². The number of rotatable bonds is 10. The van der Waals surface area contributed by atoms with Crippen molar-refractivity contribution < 1.29 is 19.7 Å². The molecule has 3 unspecified atom stereocenters. The van der Waals surface area contributed by atoms with Crippen LogP contribution in [-0.4, -0.2) is 29.0 Å². The second-order valence-electron chi connectivity index (χ2n) is 7.56. The largest absolute Gasteiger partial charge is 0.485 e. The molecule has 3 aromatic carbocycles. The minimum Gasteiger partial charge on any atom is -0.485 e. The molecule has 0 fully saturated rings. The summed E-state index contributed by atoms with van der Waals surface area (Å²) in [7, 11) is 0. The Morgan fingerprint density at radius 2 is 1.65 bits per heavy atom. The summed E-state index contributed by atoms with van der Waals surface area (Å²) in [5.41, 5.74) is 7.65. The van der Waals surface area contributed by atoms with Gasteiger partial charge < -0.3 is 25.4 Å². The van der Waals surface area contributed by atoms with E-state index >= 15 is 0 Å². The highest BCUT2D eigenvalue weighted by atomic mass is 35.5. The van der Waals surface area contributed by atoms with Crippen LogP contribution in [-0.2, 0) is 6.61 Å². The molecule has 0 radical (unpaired) electrons. The van der Waals surface area contributed by atoms with E-state index in [1.807, 2.05) is 73.7 Å². The fraction of sp³-hybridized carbons (Fsp3) is 0.280. The zero-order valence-corrected chi connectivity index (χ0v) is 18.2. The molecule has 0 amide bonds. The van der Waals surface area contributed by atoms with Gasteiger partial charge in [-0.25, -0.2) is 0 Å². The first-order valence-electron chi connectivity index (χ1n) is 10.3. The van der Waals surface area contributed by atoms with Crippen molar-refractivity contribution in [1.29, 1.82) is 0 Å². The molecule has 3 atom stereocenters. The lowest BCUT2D eigenvalue weighted by Gasteiger charge is -2.22. The van der Waals surface area contributed by atoms with Crippen molar-refractivity contribution in [1.82, 2.24) is 0 Å². The van der Waals surface area contributed by atoms with E-state index < -0.39 is 12.1 Å². The molecule has 0 aromatic heterocycles. The average molecular weight is 442 g/mol. The van der Waals surface area contributed by atoms with Crippen LogP contribution in [0.5, 0.6) is 17.2 Å². The van der Waals surface area contributed by atoms with Crippen LogP contribution in [0.15, 0.2) is 72.8 Å². The van der Waals surface area contributed by atoms with Crippen molar-refractivity contribution in [2.24, 2.45) is 5.73 Å². The second-order valence-corrected chi connectivity index (χ2v) is 7.96. The third-order valence-electron chi connectivity index (χ3n) is 5.12. The first-order valence-corrected chi connectivity index (χ1v) is 10.6.